The molecule has 64 valence electrons. The Morgan fingerprint density at radius 3 is 2.55 bits per heavy atom. The normalized spacial score (nSPS) is 15.5. The summed E-state index contributed by atoms with van der Waals surface area (Å²) in [6, 6.07) is 0. The zero-order chi connectivity index (χ0) is 8.91. The third-order valence-electron chi connectivity index (χ3n) is 1.59. The fourth-order valence-electron chi connectivity index (χ4n) is 0.589. The van der Waals surface area contributed by atoms with E-state index in [9.17, 15) is 9.59 Å². The van der Waals surface area contributed by atoms with Crippen LogP contribution in [-0.2, 0) is 9.59 Å². The maximum Gasteiger partial charge on any atom is 0.156 e. The molecular weight excluding hydrogens is 162 g/mol. The van der Waals surface area contributed by atoms with Crippen molar-refractivity contribution in [3.05, 3.63) is 0 Å². The molecule has 0 bridgehead atoms. The Balaban J connectivity index is 4.10. The molecule has 1 atom stereocenters. The zero-order valence-electron chi connectivity index (χ0n) is 6.79. The molecule has 0 aliphatic carbocycles. The third-order valence-corrected chi connectivity index (χ3v) is 2.20. The van der Waals surface area contributed by atoms with Crippen LogP contribution in [0.5, 0.6) is 0 Å². The second kappa shape index (κ2) is 4.51. The van der Waals surface area contributed by atoms with E-state index < -0.39 is 5.54 Å². The van der Waals surface area contributed by atoms with Gasteiger partial charge in [0.2, 0.25) is 0 Å². The van der Waals surface area contributed by atoms with Gasteiger partial charge in [-0.25, -0.2) is 0 Å². The van der Waals surface area contributed by atoms with Crippen LogP contribution in [0.25, 0.3) is 0 Å². The van der Waals surface area contributed by atoms with Crippen molar-refractivity contribution in [1.82, 2.24) is 0 Å². The molecule has 0 rings (SSSR count). The lowest BCUT2D eigenvalue weighted by atomic mass is 9.95. The topological polar surface area (TPSA) is 60.2 Å². The molecule has 0 aromatic rings. The Bertz CT molecular complexity index is 161. The minimum absolute atomic E-state index is 0.262. The zero-order valence-corrected chi connectivity index (χ0v) is 7.61. The van der Waals surface area contributed by atoms with Crippen LogP contribution in [0.2, 0.25) is 0 Å². The highest BCUT2D eigenvalue weighted by Crippen LogP contribution is 2.08. The quantitative estimate of drug-likeness (QED) is 0.480. The summed E-state index contributed by atoms with van der Waals surface area (Å²) >= 11 is 1.57. The van der Waals surface area contributed by atoms with E-state index in [1.165, 1.54) is 6.92 Å². The van der Waals surface area contributed by atoms with E-state index in [4.69, 9.17) is 5.73 Å². The van der Waals surface area contributed by atoms with Gasteiger partial charge in [-0.05, 0) is 25.4 Å². The number of carbonyl (C=O) groups excluding carboxylic acids is 2. The lowest BCUT2D eigenvalue weighted by Gasteiger charge is -2.18. The predicted molar refractivity (Wildman–Crippen MR) is 46.7 cm³/mol. The Morgan fingerprint density at radius 1 is 1.73 bits per heavy atom. The molecule has 0 aliphatic heterocycles. The summed E-state index contributed by atoms with van der Waals surface area (Å²) in [5.74, 6) is 0.469. The second-order valence-electron chi connectivity index (χ2n) is 2.46. The number of aldehydes is 1. The van der Waals surface area contributed by atoms with Crippen LogP contribution in [0.1, 0.15) is 13.3 Å². The van der Waals surface area contributed by atoms with E-state index in [0.29, 0.717) is 12.7 Å². The molecule has 3 nitrogen and oxygen atoms in total. The highest BCUT2D eigenvalue weighted by Gasteiger charge is 2.28. The molecule has 0 amide bonds. The van der Waals surface area contributed by atoms with Crippen molar-refractivity contribution >= 4 is 23.8 Å². The van der Waals surface area contributed by atoms with Crippen molar-refractivity contribution in [2.24, 2.45) is 5.73 Å². The van der Waals surface area contributed by atoms with Crippen LogP contribution in [-0.4, -0.2) is 29.6 Å². The average molecular weight is 175 g/mol. The molecule has 0 heterocycles. The molecule has 0 radical (unpaired) electrons. The maximum atomic E-state index is 10.8. The fourth-order valence-corrected chi connectivity index (χ4v) is 1.13. The Kier molecular flexibility index (Phi) is 4.37. The van der Waals surface area contributed by atoms with E-state index in [1.807, 2.05) is 6.26 Å². The van der Waals surface area contributed by atoms with Crippen LogP contribution in [0.3, 0.4) is 0 Å². The largest absolute Gasteiger partial charge is 0.313 e. The van der Waals surface area contributed by atoms with E-state index in [2.05, 4.69) is 0 Å². The number of Topliss-reactive ketones (excluding diaryl/α,β-unsaturated/α-hetero) is 1. The standard InChI is InChI=1S/C7H13NO2S/c1-6(10)7(8,5-9)3-4-11-2/h5H,3-4,8H2,1-2H3/t7-/m0/s1. The van der Waals surface area contributed by atoms with Crippen molar-refractivity contribution in [1.29, 1.82) is 0 Å². The van der Waals surface area contributed by atoms with E-state index in [0.717, 1.165) is 5.75 Å². The third kappa shape index (κ3) is 3.03. The van der Waals surface area contributed by atoms with E-state index >= 15 is 0 Å². The minimum Gasteiger partial charge on any atom is -0.313 e. The van der Waals surface area contributed by atoms with Crippen LogP contribution >= 0.6 is 11.8 Å². The monoisotopic (exact) mass is 175 g/mol. The average Bonchev–Trinajstić information content (AvgIpc) is 2.00. The lowest BCUT2D eigenvalue weighted by Crippen LogP contribution is -2.48. The Hall–Kier alpha value is -0.350. The fraction of sp³-hybridized carbons (Fsp3) is 0.714. The first-order valence-electron chi connectivity index (χ1n) is 3.32. The first kappa shape index (κ1) is 10.7. The summed E-state index contributed by atoms with van der Waals surface area (Å²) in [7, 11) is 0. The number of hydrogen-bond acceptors (Lipinski definition) is 4. The number of carbonyl (C=O) groups is 2. The van der Waals surface area contributed by atoms with Crippen LogP contribution in [0.15, 0.2) is 0 Å². The molecule has 2 N–H and O–H groups in total. The van der Waals surface area contributed by atoms with Gasteiger partial charge in [-0.1, -0.05) is 0 Å². The van der Waals surface area contributed by atoms with E-state index in [1.54, 1.807) is 11.8 Å². The number of hydrogen-bond donors (Lipinski definition) is 1. The van der Waals surface area contributed by atoms with Gasteiger partial charge in [0.25, 0.3) is 0 Å². The number of ketones is 1. The molecule has 11 heavy (non-hydrogen) atoms. The summed E-state index contributed by atoms with van der Waals surface area (Å²) in [6.45, 7) is 1.34. The first-order chi connectivity index (χ1) is 5.06. The van der Waals surface area contributed by atoms with Gasteiger partial charge < -0.3 is 10.5 Å². The maximum absolute atomic E-state index is 10.8. The molecule has 0 aliphatic rings. The van der Waals surface area contributed by atoms with Crippen molar-refractivity contribution in [3.63, 3.8) is 0 Å². The van der Waals surface area contributed by atoms with Crippen molar-refractivity contribution in [2.75, 3.05) is 12.0 Å². The van der Waals surface area contributed by atoms with Gasteiger partial charge in [0.05, 0.1) is 0 Å². The van der Waals surface area contributed by atoms with Crippen molar-refractivity contribution in [2.45, 2.75) is 18.9 Å². The lowest BCUT2D eigenvalue weighted by molar-refractivity contribution is -0.127. The summed E-state index contributed by atoms with van der Waals surface area (Å²) in [6.07, 6.45) is 2.86. The SMILES string of the molecule is CSCC[C@](N)(C=O)C(C)=O. The molecular formula is C7H13NO2S. The summed E-state index contributed by atoms with van der Waals surface area (Å²) < 4.78 is 0. The summed E-state index contributed by atoms with van der Waals surface area (Å²) in [5.41, 5.74) is 4.25. The number of thioether (sulfide) groups is 1. The second-order valence-corrected chi connectivity index (χ2v) is 3.44. The molecule has 0 fully saturated rings. The van der Waals surface area contributed by atoms with Gasteiger partial charge in [-0.3, -0.25) is 4.79 Å². The molecule has 0 saturated carbocycles. The smallest absolute Gasteiger partial charge is 0.156 e. The predicted octanol–water partition coefficient (Wildman–Crippen LogP) is 0.225. The molecule has 0 unspecified atom stereocenters. The summed E-state index contributed by atoms with van der Waals surface area (Å²) in [4.78, 5) is 21.3. The number of rotatable bonds is 5. The van der Waals surface area contributed by atoms with Gasteiger partial charge in [0.1, 0.15) is 11.8 Å². The minimum atomic E-state index is -1.25. The molecule has 0 spiro atoms. The number of nitrogens with two attached hydrogens (primary N) is 1. The Labute approximate surface area is 70.7 Å². The van der Waals surface area contributed by atoms with Gasteiger partial charge in [-0.2, -0.15) is 11.8 Å². The van der Waals surface area contributed by atoms with Gasteiger partial charge in [-0.15, -0.1) is 0 Å². The molecule has 0 aromatic carbocycles. The van der Waals surface area contributed by atoms with Crippen LogP contribution < -0.4 is 5.73 Å². The van der Waals surface area contributed by atoms with Crippen LogP contribution in [0, 0.1) is 0 Å². The van der Waals surface area contributed by atoms with Crippen LogP contribution in [0.4, 0.5) is 0 Å². The first-order valence-corrected chi connectivity index (χ1v) is 4.71. The highest BCUT2D eigenvalue weighted by molar-refractivity contribution is 7.98. The van der Waals surface area contributed by atoms with Gasteiger partial charge >= 0.3 is 0 Å². The molecule has 0 aromatic heterocycles. The van der Waals surface area contributed by atoms with E-state index in [-0.39, 0.29) is 5.78 Å². The Morgan fingerprint density at radius 2 is 2.27 bits per heavy atom. The van der Waals surface area contributed by atoms with Gasteiger partial charge in [0.15, 0.2) is 5.78 Å². The highest BCUT2D eigenvalue weighted by atomic mass is 32.2. The molecule has 0 saturated heterocycles. The van der Waals surface area contributed by atoms with Crippen molar-refractivity contribution in [3.8, 4) is 0 Å². The van der Waals surface area contributed by atoms with Crippen molar-refractivity contribution < 1.29 is 9.59 Å². The summed E-state index contributed by atoms with van der Waals surface area (Å²) in [5, 5.41) is 0. The van der Waals surface area contributed by atoms with Gasteiger partial charge in [0, 0.05) is 0 Å². The molecule has 4 heteroatoms.